The van der Waals surface area contributed by atoms with Crippen LogP contribution in [0.4, 0.5) is 8.78 Å². The van der Waals surface area contributed by atoms with Gasteiger partial charge in [0.05, 0.1) is 6.42 Å². The van der Waals surface area contributed by atoms with Gasteiger partial charge in [0.15, 0.2) is 0 Å². The Morgan fingerprint density at radius 2 is 2.05 bits per heavy atom. The molecule has 0 spiro atoms. The Kier molecular flexibility index (Phi) is 5.66. The minimum Gasteiger partial charge on any atom is -0.481 e. The lowest BCUT2D eigenvalue weighted by atomic mass is 10.1. The van der Waals surface area contributed by atoms with Crippen LogP contribution in [0.5, 0.6) is 0 Å². The number of aryl methyl sites for hydroxylation is 1. The smallest absolute Gasteiger partial charge is 0.319 e. The second-order valence-electron chi connectivity index (χ2n) is 4.56. The van der Waals surface area contributed by atoms with E-state index < -0.39 is 24.5 Å². The second-order valence-corrected chi connectivity index (χ2v) is 4.56. The number of aromatic nitrogens is 1. The van der Waals surface area contributed by atoms with Gasteiger partial charge in [-0.05, 0) is 25.5 Å². The van der Waals surface area contributed by atoms with Crippen molar-refractivity contribution in [2.24, 2.45) is 0 Å². The van der Waals surface area contributed by atoms with E-state index in [0.29, 0.717) is 17.4 Å². The summed E-state index contributed by atoms with van der Waals surface area (Å²) in [7, 11) is 0. The average molecular weight is 288 g/mol. The number of rotatable bonds is 7. The van der Waals surface area contributed by atoms with E-state index in [2.05, 4.69) is 5.32 Å². The number of hydrogen-bond acceptors (Lipinski definition) is 2. The van der Waals surface area contributed by atoms with Crippen LogP contribution >= 0.6 is 0 Å². The number of carbonyl (C=O) groups excluding carboxylic acids is 1. The minimum atomic E-state index is -2.81. The lowest BCUT2D eigenvalue weighted by Gasteiger charge is -2.17. The van der Waals surface area contributed by atoms with Crippen LogP contribution in [0.15, 0.2) is 12.1 Å². The summed E-state index contributed by atoms with van der Waals surface area (Å²) in [4.78, 5) is 22.7. The zero-order valence-electron chi connectivity index (χ0n) is 11.4. The molecule has 1 aromatic heterocycles. The van der Waals surface area contributed by atoms with Crippen LogP contribution < -0.4 is 5.32 Å². The Morgan fingerprint density at radius 3 is 2.55 bits per heavy atom. The first kappa shape index (κ1) is 16.1. The van der Waals surface area contributed by atoms with Gasteiger partial charge in [-0.15, -0.1) is 0 Å². The summed E-state index contributed by atoms with van der Waals surface area (Å²) in [6, 6.07) is 2.17. The highest BCUT2D eigenvalue weighted by Gasteiger charge is 2.22. The predicted molar refractivity (Wildman–Crippen MR) is 68.8 cm³/mol. The Bertz CT molecular complexity index is 486. The predicted octanol–water partition coefficient (Wildman–Crippen LogP) is 2.56. The van der Waals surface area contributed by atoms with E-state index in [4.69, 9.17) is 5.11 Å². The van der Waals surface area contributed by atoms with Gasteiger partial charge in [-0.1, -0.05) is 13.3 Å². The van der Waals surface area contributed by atoms with Gasteiger partial charge in [0.25, 0.3) is 5.91 Å². The third-order valence-electron chi connectivity index (χ3n) is 2.94. The molecule has 0 saturated carbocycles. The molecule has 7 heteroatoms. The van der Waals surface area contributed by atoms with Gasteiger partial charge in [0.2, 0.25) is 0 Å². The zero-order valence-corrected chi connectivity index (χ0v) is 11.4. The van der Waals surface area contributed by atoms with Crippen molar-refractivity contribution >= 4 is 11.9 Å². The summed E-state index contributed by atoms with van der Waals surface area (Å²) < 4.78 is 26.4. The monoisotopic (exact) mass is 288 g/mol. The van der Waals surface area contributed by atoms with E-state index >= 15 is 0 Å². The number of alkyl halides is 2. The van der Waals surface area contributed by atoms with Crippen molar-refractivity contribution in [1.82, 2.24) is 9.88 Å². The summed E-state index contributed by atoms with van der Waals surface area (Å²) in [5.41, 5.74) is 0.111. The number of carboxylic acids is 1. The molecule has 1 amide bonds. The van der Waals surface area contributed by atoms with Crippen molar-refractivity contribution < 1.29 is 23.5 Å². The first-order valence-electron chi connectivity index (χ1n) is 6.35. The molecule has 20 heavy (non-hydrogen) atoms. The summed E-state index contributed by atoms with van der Waals surface area (Å²) >= 11 is 0. The molecule has 1 rings (SSSR count). The molecular weight excluding hydrogens is 270 g/mol. The highest BCUT2D eigenvalue weighted by Crippen LogP contribution is 2.19. The van der Waals surface area contributed by atoms with Crippen LogP contribution in [0.2, 0.25) is 0 Å². The summed E-state index contributed by atoms with van der Waals surface area (Å²) in [5.74, 6) is -1.72. The van der Waals surface area contributed by atoms with Gasteiger partial charge in [-0.3, -0.25) is 14.2 Å². The molecule has 1 unspecified atom stereocenters. The van der Waals surface area contributed by atoms with Crippen LogP contribution in [-0.2, 0) is 4.79 Å². The molecule has 1 aromatic rings. The number of halogens is 2. The van der Waals surface area contributed by atoms with E-state index in [-0.39, 0.29) is 17.8 Å². The maximum absolute atomic E-state index is 12.9. The maximum Gasteiger partial charge on any atom is 0.319 e. The molecule has 1 heterocycles. The van der Waals surface area contributed by atoms with Crippen molar-refractivity contribution in [2.75, 3.05) is 0 Å². The number of nitrogens with one attached hydrogen (secondary N) is 1. The van der Waals surface area contributed by atoms with E-state index in [9.17, 15) is 18.4 Å². The Morgan fingerprint density at radius 1 is 1.40 bits per heavy atom. The molecule has 5 nitrogen and oxygen atoms in total. The lowest BCUT2D eigenvalue weighted by Crippen LogP contribution is -2.37. The van der Waals surface area contributed by atoms with Gasteiger partial charge in [0, 0.05) is 11.7 Å². The fourth-order valence-electron chi connectivity index (χ4n) is 2.04. The van der Waals surface area contributed by atoms with Gasteiger partial charge < -0.3 is 10.4 Å². The topological polar surface area (TPSA) is 71.3 Å². The molecule has 112 valence electrons. The largest absolute Gasteiger partial charge is 0.481 e. The second kappa shape index (κ2) is 7.02. The van der Waals surface area contributed by atoms with Gasteiger partial charge >= 0.3 is 12.5 Å². The average Bonchev–Trinajstić information content (AvgIpc) is 2.70. The lowest BCUT2D eigenvalue weighted by molar-refractivity contribution is -0.137. The number of hydrogen-bond donors (Lipinski definition) is 2. The van der Waals surface area contributed by atoms with Gasteiger partial charge in [-0.25, -0.2) is 0 Å². The molecule has 0 radical (unpaired) electrons. The number of carboxylic acid groups (broad SMARTS) is 1. The molecule has 0 saturated heterocycles. The summed E-state index contributed by atoms with van der Waals surface area (Å²) in [6.45, 7) is 0.520. The van der Waals surface area contributed by atoms with Crippen molar-refractivity contribution in [2.45, 2.75) is 45.7 Å². The summed E-state index contributed by atoms with van der Waals surface area (Å²) in [6.07, 6.45) is 0.938. The standard InChI is InChI=1S/C13H18F2N2O3/c1-3-4-9(7-11(18)19)16-12(20)10-6-5-8(2)17(10)13(14)15/h5-6,9,13H,3-4,7H2,1-2H3,(H,16,20)(H,18,19). The van der Waals surface area contributed by atoms with E-state index in [1.807, 2.05) is 6.92 Å². The fraction of sp³-hybridized carbons (Fsp3) is 0.538. The fourth-order valence-corrected chi connectivity index (χ4v) is 2.04. The number of nitrogens with zero attached hydrogens (tertiary/aromatic N) is 1. The highest BCUT2D eigenvalue weighted by atomic mass is 19.3. The van der Waals surface area contributed by atoms with Crippen molar-refractivity contribution in [3.8, 4) is 0 Å². The first-order valence-corrected chi connectivity index (χ1v) is 6.35. The molecule has 0 aliphatic rings. The Balaban J connectivity index is 2.86. The molecule has 2 N–H and O–H groups in total. The SMILES string of the molecule is CCCC(CC(=O)O)NC(=O)c1ccc(C)n1C(F)F. The highest BCUT2D eigenvalue weighted by molar-refractivity contribution is 5.93. The first-order chi connectivity index (χ1) is 9.36. The van der Waals surface area contributed by atoms with Crippen molar-refractivity contribution in [1.29, 1.82) is 0 Å². The van der Waals surface area contributed by atoms with Crippen LogP contribution in [0, 0.1) is 6.92 Å². The normalized spacial score (nSPS) is 12.4. The zero-order chi connectivity index (χ0) is 15.3. The van der Waals surface area contributed by atoms with E-state index in [0.717, 1.165) is 0 Å². The van der Waals surface area contributed by atoms with Crippen molar-refractivity contribution in [3.63, 3.8) is 0 Å². The molecule has 0 aliphatic carbocycles. The van der Waals surface area contributed by atoms with Crippen LogP contribution in [0.25, 0.3) is 0 Å². The quantitative estimate of drug-likeness (QED) is 0.810. The number of amides is 1. The Labute approximate surface area is 115 Å². The number of aliphatic carboxylic acids is 1. The molecular formula is C13H18F2N2O3. The molecule has 0 fully saturated rings. The van der Waals surface area contributed by atoms with Crippen molar-refractivity contribution in [3.05, 3.63) is 23.5 Å². The third-order valence-corrected chi connectivity index (χ3v) is 2.94. The van der Waals surface area contributed by atoms with E-state index in [1.54, 1.807) is 0 Å². The van der Waals surface area contributed by atoms with Gasteiger partial charge in [-0.2, -0.15) is 8.78 Å². The molecule has 0 aliphatic heterocycles. The van der Waals surface area contributed by atoms with Crippen LogP contribution in [0.3, 0.4) is 0 Å². The summed E-state index contributed by atoms with van der Waals surface area (Å²) in [5, 5.41) is 11.3. The Hall–Kier alpha value is -1.92. The van der Waals surface area contributed by atoms with Crippen LogP contribution in [0.1, 0.15) is 48.9 Å². The molecule has 0 aromatic carbocycles. The minimum absolute atomic E-state index is 0.163. The molecule has 0 bridgehead atoms. The number of carbonyl (C=O) groups is 2. The van der Waals surface area contributed by atoms with Gasteiger partial charge in [0.1, 0.15) is 5.69 Å². The maximum atomic E-state index is 12.9. The third kappa shape index (κ3) is 4.04. The molecule has 1 atom stereocenters. The van der Waals surface area contributed by atoms with Crippen LogP contribution in [-0.4, -0.2) is 27.6 Å². The van der Waals surface area contributed by atoms with E-state index in [1.165, 1.54) is 19.1 Å².